The van der Waals surface area contributed by atoms with E-state index < -0.39 is 0 Å². The Kier molecular flexibility index (Phi) is 3.90. The summed E-state index contributed by atoms with van der Waals surface area (Å²) in [6.07, 6.45) is 6.62. The standard InChI is InChI=1S/C21H25N/c1-15(2)17-9-8-16-10-11-21(3,4)14-19(18(16)13-17)20-7-5-6-12-22-20/h5-9,12-15H,10-11H2,1-4H3. The first kappa shape index (κ1) is 15.0. The molecule has 0 saturated carbocycles. The maximum absolute atomic E-state index is 4.61. The van der Waals surface area contributed by atoms with E-state index in [9.17, 15) is 0 Å². The van der Waals surface area contributed by atoms with E-state index in [2.05, 4.69) is 69.1 Å². The molecule has 0 bridgehead atoms. The Morgan fingerprint density at radius 1 is 1.09 bits per heavy atom. The van der Waals surface area contributed by atoms with Gasteiger partial charge < -0.3 is 0 Å². The number of allylic oxidation sites excluding steroid dienone is 1. The van der Waals surface area contributed by atoms with Gasteiger partial charge in [0.1, 0.15) is 0 Å². The molecule has 2 aromatic rings. The van der Waals surface area contributed by atoms with E-state index in [0.29, 0.717) is 5.92 Å². The zero-order chi connectivity index (χ0) is 15.7. The van der Waals surface area contributed by atoms with Crippen LogP contribution < -0.4 is 0 Å². The van der Waals surface area contributed by atoms with Crippen molar-refractivity contribution in [2.24, 2.45) is 5.41 Å². The fourth-order valence-corrected chi connectivity index (χ4v) is 3.15. The molecule has 1 aliphatic rings. The van der Waals surface area contributed by atoms with Gasteiger partial charge in [-0.3, -0.25) is 4.98 Å². The number of nitrogens with zero attached hydrogens (tertiary/aromatic N) is 1. The monoisotopic (exact) mass is 291 g/mol. The molecule has 22 heavy (non-hydrogen) atoms. The first-order valence-electron chi connectivity index (χ1n) is 8.24. The summed E-state index contributed by atoms with van der Waals surface area (Å²) in [5, 5.41) is 0. The first-order valence-corrected chi connectivity index (χ1v) is 8.24. The average Bonchev–Trinajstić information content (AvgIpc) is 2.64. The van der Waals surface area contributed by atoms with E-state index in [0.717, 1.165) is 12.1 Å². The lowest BCUT2D eigenvalue weighted by atomic mass is 9.86. The molecule has 1 heterocycles. The molecule has 0 unspecified atom stereocenters. The van der Waals surface area contributed by atoms with Gasteiger partial charge >= 0.3 is 0 Å². The van der Waals surface area contributed by atoms with Crippen molar-refractivity contribution in [3.63, 3.8) is 0 Å². The molecule has 0 amide bonds. The van der Waals surface area contributed by atoms with Crippen LogP contribution >= 0.6 is 0 Å². The highest BCUT2D eigenvalue weighted by molar-refractivity contribution is 5.81. The number of rotatable bonds is 2. The van der Waals surface area contributed by atoms with Crippen LogP contribution in [0, 0.1) is 5.41 Å². The summed E-state index contributed by atoms with van der Waals surface area (Å²) in [6, 6.07) is 13.2. The third kappa shape index (κ3) is 2.99. The highest BCUT2D eigenvalue weighted by Crippen LogP contribution is 2.38. The summed E-state index contributed by atoms with van der Waals surface area (Å²) in [7, 11) is 0. The Morgan fingerprint density at radius 2 is 1.91 bits per heavy atom. The second-order valence-corrected chi connectivity index (χ2v) is 7.33. The summed E-state index contributed by atoms with van der Waals surface area (Å²) < 4.78 is 0. The average molecular weight is 291 g/mol. The minimum Gasteiger partial charge on any atom is -0.256 e. The van der Waals surface area contributed by atoms with E-state index >= 15 is 0 Å². The molecule has 1 heteroatoms. The molecule has 0 N–H and O–H groups in total. The first-order chi connectivity index (χ1) is 10.5. The van der Waals surface area contributed by atoms with Gasteiger partial charge in [-0.1, -0.05) is 58.0 Å². The van der Waals surface area contributed by atoms with Crippen molar-refractivity contribution in [1.29, 1.82) is 0 Å². The normalized spacial score (nSPS) is 16.9. The van der Waals surface area contributed by atoms with Crippen molar-refractivity contribution in [3.05, 3.63) is 71.1 Å². The number of pyridine rings is 1. The van der Waals surface area contributed by atoms with Gasteiger partial charge in [0, 0.05) is 11.8 Å². The Hall–Kier alpha value is -1.89. The molecule has 0 radical (unpaired) electrons. The van der Waals surface area contributed by atoms with Gasteiger partial charge in [0.05, 0.1) is 5.69 Å². The fraction of sp³-hybridized carbons (Fsp3) is 0.381. The predicted molar refractivity (Wildman–Crippen MR) is 93.9 cm³/mol. The molecule has 1 aromatic heterocycles. The maximum atomic E-state index is 4.61. The zero-order valence-corrected chi connectivity index (χ0v) is 14.1. The van der Waals surface area contributed by atoms with E-state index in [-0.39, 0.29) is 5.41 Å². The van der Waals surface area contributed by atoms with Gasteiger partial charge in [0.15, 0.2) is 0 Å². The molecular weight excluding hydrogens is 266 g/mol. The third-order valence-electron chi connectivity index (χ3n) is 4.61. The predicted octanol–water partition coefficient (Wildman–Crippen LogP) is 5.61. The lowest BCUT2D eigenvalue weighted by Gasteiger charge is -2.19. The van der Waals surface area contributed by atoms with Crippen LogP contribution in [-0.4, -0.2) is 4.98 Å². The Labute approximate surface area is 134 Å². The van der Waals surface area contributed by atoms with Gasteiger partial charge in [-0.15, -0.1) is 0 Å². The number of aryl methyl sites for hydroxylation is 1. The summed E-state index contributed by atoms with van der Waals surface area (Å²) in [4.78, 5) is 4.61. The van der Waals surface area contributed by atoms with E-state index in [1.165, 1.54) is 28.7 Å². The summed E-state index contributed by atoms with van der Waals surface area (Å²) in [5.74, 6) is 0.548. The maximum Gasteiger partial charge on any atom is 0.0705 e. The lowest BCUT2D eigenvalue weighted by Crippen LogP contribution is -2.07. The number of hydrogen-bond acceptors (Lipinski definition) is 1. The molecule has 3 rings (SSSR count). The van der Waals surface area contributed by atoms with Gasteiger partial charge in [-0.25, -0.2) is 0 Å². The molecule has 1 aromatic carbocycles. The van der Waals surface area contributed by atoms with Crippen LogP contribution in [0.4, 0.5) is 0 Å². The van der Waals surface area contributed by atoms with Crippen LogP contribution in [0.1, 0.15) is 62.4 Å². The molecular formula is C21H25N. The third-order valence-corrected chi connectivity index (χ3v) is 4.61. The zero-order valence-electron chi connectivity index (χ0n) is 14.1. The molecule has 1 aliphatic carbocycles. The molecule has 0 aliphatic heterocycles. The minimum absolute atomic E-state index is 0.198. The van der Waals surface area contributed by atoms with Gasteiger partial charge in [0.25, 0.3) is 0 Å². The second kappa shape index (κ2) is 5.72. The van der Waals surface area contributed by atoms with Crippen molar-refractivity contribution >= 4 is 5.57 Å². The molecule has 114 valence electrons. The van der Waals surface area contributed by atoms with E-state index in [1.807, 2.05) is 12.3 Å². The molecule has 0 atom stereocenters. The lowest BCUT2D eigenvalue weighted by molar-refractivity contribution is 0.442. The summed E-state index contributed by atoms with van der Waals surface area (Å²) in [5.41, 5.74) is 6.80. The number of benzene rings is 1. The summed E-state index contributed by atoms with van der Waals surface area (Å²) >= 11 is 0. The van der Waals surface area contributed by atoms with Crippen LogP contribution in [-0.2, 0) is 6.42 Å². The Balaban J connectivity index is 2.21. The van der Waals surface area contributed by atoms with Crippen LogP contribution in [0.3, 0.4) is 0 Å². The van der Waals surface area contributed by atoms with Gasteiger partial charge in [0.2, 0.25) is 0 Å². The number of hydrogen-bond donors (Lipinski definition) is 0. The van der Waals surface area contributed by atoms with Crippen LogP contribution in [0.2, 0.25) is 0 Å². The number of aromatic nitrogens is 1. The molecule has 1 nitrogen and oxygen atoms in total. The van der Waals surface area contributed by atoms with Crippen LogP contribution in [0.25, 0.3) is 5.57 Å². The topological polar surface area (TPSA) is 12.9 Å². The van der Waals surface area contributed by atoms with E-state index in [1.54, 1.807) is 0 Å². The SMILES string of the molecule is CC(C)c1ccc2c(c1)C(c1ccccn1)=CC(C)(C)CC2. The highest BCUT2D eigenvalue weighted by atomic mass is 14.7. The second-order valence-electron chi connectivity index (χ2n) is 7.33. The fourth-order valence-electron chi connectivity index (χ4n) is 3.15. The van der Waals surface area contributed by atoms with Gasteiger partial charge in [-0.2, -0.15) is 0 Å². The largest absolute Gasteiger partial charge is 0.256 e. The molecule has 0 spiro atoms. The van der Waals surface area contributed by atoms with Crippen molar-refractivity contribution < 1.29 is 0 Å². The highest BCUT2D eigenvalue weighted by Gasteiger charge is 2.24. The smallest absolute Gasteiger partial charge is 0.0705 e. The molecule has 0 saturated heterocycles. The minimum atomic E-state index is 0.198. The van der Waals surface area contributed by atoms with Crippen molar-refractivity contribution in [2.75, 3.05) is 0 Å². The van der Waals surface area contributed by atoms with Crippen molar-refractivity contribution in [2.45, 2.75) is 46.5 Å². The van der Waals surface area contributed by atoms with Crippen molar-refractivity contribution in [3.8, 4) is 0 Å². The Bertz CT molecular complexity index is 693. The van der Waals surface area contributed by atoms with Crippen molar-refractivity contribution in [1.82, 2.24) is 4.98 Å². The van der Waals surface area contributed by atoms with Gasteiger partial charge in [-0.05, 0) is 53.0 Å². The summed E-state index contributed by atoms with van der Waals surface area (Å²) in [6.45, 7) is 9.16. The Morgan fingerprint density at radius 3 is 2.59 bits per heavy atom. The number of fused-ring (bicyclic) bond motifs is 1. The quantitative estimate of drug-likeness (QED) is 0.701. The van der Waals surface area contributed by atoms with Crippen LogP contribution in [0.15, 0.2) is 48.7 Å². The van der Waals surface area contributed by atoms with E-state index in [4.69, 9.17) is 0 Å². The molecule has 0 fully saturated rings. The van der Waals surface area contributed by atoms with Crippen LogP contribution in [0.5, 0.6) is 0 Å².